The molecule has 1 heterocycles. The van der Waals surface area contributed by atoms with Gasteiger partial charge in [0, 0.05) is 76.0 Å². The number of urea groups is 1. The SMILES string of the molecule is COCCCOc1cc(C(=O)N(CC2CNCC2CN(C(=O)N(C(C)C)C(C)C)C2CC2)C(C)C)ccc1OC. The van der Waals surface area contributed by atoms with Gasteiger partial charge in [-0.05, 0) is 84.4 Å². The van der Waals surface area contributed by atoms with E-state index >= 15 is 0 Å². The molecule has 2 fully saturated rings. The van der Waals surface area contributed by atoms with Gasteiger partial charge < -0.3 is 34.2 Å². The molecule has 9 nitrogen and oxygen atoms in total. The number of nitrogens with one attached hydrogen (secondary N) is 1. The normalized spacial score (nSPS) is 18.9. The molecule has 226 valence electrons. The Morgan fingerprint density at radius 1 is 0.900 bits per heavy atom. The molecule has 9 heteroatoms. The molecular formula is C31H52N4O5. The van der Waals surface area contributed by atoms with Crippen LogP contribution in [0.3, 0.4) is 0 Å². The lowest BCUT2D eigenvalue weighted by molar-refractivity contribution is 0.0644. The van der Waals surface area contributed by atoms with Crippen molar-refractivity contribution >= 4 is 11.9 Å². The van der Waals surface area contributed by atoms with Gasteiger partial charge in [-0.25, -0.2) is 4.79 Å². The molecule has 1 N–H and O–H groups in total. The molecule has 1 aliphatic heterocycles. The first-order chi connectivity index (χ1) is 19.1. The van der Waals surface area contributed by atoms with Crippen LogP contribution in [0, 0.1) is 11.8 Å². The first-order valence-electron chi connectivity index (χ1n) is 15.0. The summed E-state index contributed by atoms with van der Waals surface area (Å²) in [5, 5.41) is 3.55. The molecule has 1 aromatic rings. The minimum Gasteiger partial charge on any atom is -0.493 e. The molecule has 0 radical (unpaired) electrons. The third kappa shape index (κ3) is 8.26. The van der Waals surface area contributed by atoms with E-state index in [1.54, 1.807) is 26.4 Å². The molecule has 2 unspecified atom stereocenters. The van der Waals surface area contributed by atoms with Gasteiger partial charge in [0.2, 0.25) is 0 Å². The highest BCUT2D eigenvalue weighted by atomic mass is 16.5. The van der Waals surface area contributed by atoms with Gasteiger partial charge in [-0.2, -0.15) is 0 Å². The van der Waals surface area contributed by atoms with Crippen LogP contribution in [0.2, 0.25) is 0 Å². The van der Waals surface area contributed by atoms with Crippen molar-refractivity contribution in [1.29, 1.82) is 0 Å². The van der Waals surface area contributed by atoms with Crippen molar-refractivity contribution in [2.75, 3.05) is 53.6 Å². The van der Waals surface area contributed by atoms with Crippen LogP contribution < -0.4 is 14.8 Å². The van der Waals surface area contributed by atoms with Crippen LogP contribution in [0.15, 0.2) is 18.2 Å². The summed E-state index contributed by atoms with van der Waals surface area (Å²) in [6.07, 6.45) is 2.90. The zero-order chi connectivity index (χ0) is 29.4. The van der Waals surface area contributed by atoms with E-state index in [1.807, 2.05) is 15.9 Å². The monoisotopic (exact) mass is 560 g/mol. The van der Waals surface area contributed by atoms with E-state index in [0.717, 1.165) is 38.9 Å². The van der Waals surface area contributed by atoms with Gasteiger partial charge >= 0.3 is 6.03 Å². The third-order valence-electron chi connectivity index (χ3n) is 7.95. The minimum absolute atomic E-state index is 0.0223. The van der Waals surface area contributed by atoms with Crippen molar-refractivity contribution in [1.82, 2.24) is 20.0 Å². The number of amides is 3. The Labute approximate surface area is 241 Å². The Morgan fingerprint density at radius 3 is 2.10 bits per heavy atom. The van der Waals surface area contributed by atoms with E-state index in [1.165, 1.54) is 0 Å². The van der Waals surface area contributed by atoms with Gasteiger partial charge in [-0.15, -0.1) is 0 Å². The summed E-state index contributed by atoms with van der Waals surface area (Å²) in [4.78, 5) is 33.5. The van der Waals surface area contributed by atoms with Crippen molar-refractivity contribution in [2.24, 2.45) is 11.8 Å². The smallest absolute Gasteiger partial charge is 0.320 e. The topological polar surface area (TPSA) is 83.6 Å². The highest BCUT2D eigenvalue weighted by molar-refractivity contribution is 5.95. The minimum atomic E-state index is -0.0223. The lowest BCUT2D eigenvalue weighted by Gasteiger charge is -2.38. The maximum absolute atomic E-state index is 13.8. The van der Waals surface area contributed by atoms with Crippen molar-refractivity contribution in [3.63, 3.8) is 0 Å². The third-order valence-corrected chi connectivity index (χ3v) is 7.95. The summed E-state index contributed by atoms with van der Waals surface area (Å²) in [6, 6.07) is 6.20. The summed E-state index contributed by atoms with van der Waals surface area (Å²) < 4.78 is 16.5. The van der Waals surface area contributed by atoms with Crippen molar-refractivity contribution in [3.8, 4) is 11.5 Å². The number of hydrogen-bond donors (Lipinski definition) is 1. The first-order valence-corrected chi connectivity index (χ1v) is 15.0. The Hall–Kier alpha value is -2.52. The molecule has 3 amide bonds. The fourth-order valence-electron chi connectivity index (χ4n) is 5.68. The highest BCUT2D eigenvalue weighted by Crippen LogP contribution is 2.33. The second-order valence-corrected chi connectivity index (χ2v) is 12.1. The van der Waals surface area contributed by atoms with Crippen LogP contribution in [0.1, 0.15) is 71.2 Å². The number of rotatable bonds is 15. The predicted octanol–water partition coefficient (Wildman–Crippen LogP) is 4.50. The van der Waals surface area contributed by atoms with Gasteiger partial charge in [-0.3, -0.25) is 4.79 Å². The molecule has 1 saturated carbocycles. The molecule has 1 aliphatic carbocycles. The zero-order valence-electron chi connectivity index (χ0n) is 25.9. The maximum Gasteiger partial charge on any atom is 0.320 e. The average Bonchev–Trinajstić information content (AvgIpc) is 3.65. The zero-order valence-corrected chi connectivity index (χ0v) is 25.9. The lowest BCUT2D eigenvalue weighted by atomic mass is 9.93. The number of carbonyl (C=O) groups is 2. The molecule has 2 aliphatic rings. The van der Waals surface area contributed by atoms with Crippen LogP contribution >= 0.6 is 0 Å². The fraction of sp³-hybridized carbons (Fsp3) is 0.742. The molecule has 3 rings (SSSR count). The average molecular weight is 561 g/mol. The first kappa shape index (κ1) is 32.0. The molecule has 1 saturated heterocycles. The number of ether oxygens (including phenoxy) is 3. The van der Waals surface area contributed by atoms with Crippen LogP contribution in [0.5, 0.6) is 11.5 Å². The second kappa shape index (κ2) is 14.9. The molecule has 0 aromatic heterocycles. The van der Waals surface area contributed by atoms with Gasteiger partial charge in [0.25, 0.3) is 5.91 Å². The Balaban J connectivity index is 1.73. The van der Waals surface area contributed by atoms with E-state index in [9.17, 15) is 9.59 Å². The van der Waals surface area contributed by atoms with Gasteiger partial charge in [-0.1, -0.05) is 0 Å². The quantitative estimate of drug-likeness (QED) is 0.318. The van der Waals surface area contributed by atoms with Crippen LogP contribution in [-0.4, -0.2) is 104 Å². The van der Waals surface area contributed by atoms with Crippen LogP contribution in [0.25, 0.3) is 0 Å². The highest BCUT2D eigenvalue weighted by Gasteiger charge is 2.40. The predicted molar refractivity (Wildman–Crippen MR) is 158 cm³/mol. The number of carbonyl (C=O) groups excluding carboxylic acids is 2. The summed E-state index contributed by atoms with van der Waals surface area (Å²) in [7, 11) is 3.27. The van der Waals surface area contributed by atoms with E-state index in [2.05, 4.69) is 51.8 Å². The lowest BCUT2D eigenvalue weighted by Crippen LogP contribution is -2.52. The van der Waals surface area contributed by atoms with Crippen molar-refractivity contribution in [3.05, 3.63) is 23.8 Å². The van der Waals surface area contributed by atoms with Crippen molar-refractivity contribution in [2.45, 2.75) is 85.0 Å². The van der Waals surface area contributed by atoms with E-state index in [0.29, 0.717) is 42.9 Å². The van der Waals surface area contributed by atoms with E-state index in [4.69, 9.17) is 14.2 Å². The molecule has 40 heavy (non-hydrogen) atoms. The Morgan fingerprint density at radius 2 is 1.55 bits per heavy atom. The summed E-state index contributed by atoms with van der Waals surface area (Å²) >= 11 is 0. The second-order valence-electron chi connectivity index (χ2n) is 12.1. The summed E-state index contributed by atoms with van der Waals surface area (Å²) in [5.74, 6) is 1.69. The largest absolute Gasteiger partial charge is 0.493 e. The molecule has 0 bridgehead atoms. The van der Waals surface area contributed by atoms with Crippen LogP contribution in [-0.2, 0) is 4.74 Å². The Bertz CT molecular complexity index is 957. The molecule has 2 atom stereocenters. The number of benzene rings is 1. The number of methoxy groups -OCH3 is 2. The van der Waals surface area contributed by atoms with E-state index < -0.39 is 0 Å². The van der Waals surface area contributed by atoms with Gasteiger partial charge in [0.1, 0.15) is 0 Å². The van der Waals surface area contributed by atoms with Crippen molar-refractivity contribution < 1.29 is 23.8 Å². The maximum atomic E-state index is 13.8. The fourth-order valence-corrected chi connectivity index (χ4v) is 5.68. The summed E-state index contributed by atoms with van der Waals surface area (Å²) in [5.41, 5.74) is 0.582. The Kier molecular flexibility index (Phi) is 11.9. The molecule has 1 aromatic carbocycles. The van der Waals surface area contributed by atoms with E-state index in [-0.39, 0.29) is 41.9 Å². The number of nitrogens with zero attached hydrogens (tertiary/aromatic N) is 3. The van der Waals surface area contributed by atoms with Gasteiger partial charge in [0.15, 0.2) is 11.5 Å². The molecule has 0 spiro atoms. The summed E-state index contributed by atoms with van der Waals surface area (Å²) in [6.45, 7) is 16.6. The van der Waals surface area contributed by atoms with Crippen LogP contribution in [0.4, 0.5) is 4.79 Å². The van der Waals surface area contributed by atoms with Gasteiger partial charge in [0.05, 0.1) is 13.7 Å². The number of hydrogen-bond acceptors (Lipinski definition) is 6. The standard InChI is InChI=1S/C31H52N4O5/c1-21(2)33(30(36)24-10-13-28(39-8)29(16-24)40-15-9-14-38-7)19-25-17-32-18-26(25)20-34(27-11-12-27)31(37)35(22(3)4)23(5)6/h10,13,16,21-23,25-27,32H,9,11-12,14-15,17-20H2,1-8H3. The molecular weight excluding hydrogens is 508 g/mol.